The Kier molecular flexibility index (Phi) is 7.47. The van der Waals surface area contributed by atoms with Crippen LogP contribution in [-0.4, -0.2) is 32.9 Å². The quantitative estimate of drug-likeness (QED) is 0.570. The van der Waals surface area contributed by atoms with E-state index in [0.29, 0.717) is 6.54 Å². The molecule has 3 rings (SSSR count). The number of aryl methyl sites for hydroxylation is 1. The minimum absolute atomic E-state index is 0.0828. The highest BCUT2D eigenvalue weighted by molar-refractivity contribution is 8.00. The molecule has 0 radical (unpaired) electrons. The van der Waals surface area contributed by atoms with Gasteiger partial charge in [-0.1, -0.05) is 42.0 Å². The number of carbonyl (C=O) groups is 2. The molecule has 0 aliphatic heterocycles. The average Bonchev–Trinajstić information content (AvgIpc) is 3.22. The van der Waals surface area contributed by atoms with E-state index in [1.54, 1.807) is 12.5 Å². The normalized spacial score (nSPS) is 10.5. The number of anilines is 1. The van der Waals surface area contributed by atoms with E-state index in [2.05, 4.69) is 15.6 Å². The molecule has 1 aromatic heterocycles. The maximum atomic E-state index is 12.0. The van der Waals surface area contributed by atoms with Crippen LogP contribution in [-0.2, 0) is 22.7 Å². The van der Waals surface area contributed by atoms with Crippen molar-refractivity contribution < 1.29 is 9.59 Å². The van der Waals surface area contributed by atoms with Crippen molar-refractivity contribution >= 4 is 29.3 Å². The zero-order chi connectivity index (χ0) is 20.5. The van der Waals surface area contributed by atoms with E-state index in [1.165, 1.54) is 17.3 Å². The molecule has 0 unspecified atom stereocenters. The van der Waals surface area contributed by atoms with Gasteiger partial charge in [0.1, 0.15) is 0 Å². The summed E-state index contributed by atoms with van der Waals surface area (Å²) in [5.74, 6) is 0.297. The zero-order valence-electron chi connectivity index (χ0n) is 16.3. The predicted octanol–water partition coefficient (Wildman–Crippen LogP) is 3.23. The van der Waals surface area contributed by atoms with Gasteiger partial charge in [-0.25, -0.2) is 4.98 Å². The van der Waals surface area contributed by atoms with Gasteiger partial charge in [0.15, 0.2) is 0 Å². The predicted molar refractivity (Wildman–Crippen MR) is 117 cm³/mol. The molecule has 0 saturated heterocycles. The number of hydrogen-bond acceptors (Lipinski definition) is 4. The molecule has 0 aliphatic carbocycles. The summed E-state index contributed by atoms with van der Waals surface area (Å²) in [7, 11) is 0. The highest BCUT2D eigenvalue weighted by Crippen LogP contribution is 2.10. The highest BCUT2D eigenvalue weighted by Gasteiger charge is 2.06. The van der Waals surface area contributed by atoms with Crippen LogP contribution in [0.5, 0.6) is 0 Å². The number of carbonyl (C=O) groups excluding carboxylic acids is 2. The smallest absolute Gasteiger partial charge is 0.234 e. The molecule has 6 nitrogen and oxygen atoms in total. The van der Waals surface area contributed by atoms with E-state index < -0.39 is 0 Å². The summed E-state index contributed by atoms with van der Waals surface area (Å²) in [6.45, 7) is 3.24. The lowest BCUT2D eigenvalue weighted by Gasteiger charge is -2.08. The second kappa shape index (κ2) is 10.5. The maximum Gasteiger partial charge on any atom is 0.234 e. The van der Waals surface area contributed by atoms with Gasteiger partial charge in [-0.2, -0.15) is 0 Å². The van der Waals surface area contributed by atoms with Crippen LogP contribution in [0.2, 0.25) is 0 Å². The van der Waals surface area contributed by atoms with Crippen molar-refractivity contribution in [3.05, 3.63) is 83.9 Å². The molecular formula is C22H24N4O2S. The topological polar surface area (TPSA) is 76.0 Å². The number of benzene rings is 2. The summed E-state index contributed by atoms with van der Waals surface area (Å²) < 4.78 is 2.00. The minimum atomic E-state index is -0.111. The Bertz CT molecular complexity index is 922. The van der Waals surface area contributed by atoms with E-state index in [0.717, 1.165) is 23.4 Å². The van der Waals surface area contributed by atoms with Crippen LogP contribution >= 0.6 is 11.8 Å². The Morgan fingerprint density at radius 3 is 2.34 bits per heavy atom. The summed E-state index contributed by atoms with van der Waals surface area (Å²) >= 11 is 1.30. The van der Waals surface area contributed by atoms with E-state index in [4.69, 9.17) is 0 Å². The lowest BCUT2D eigenvalue weighted by molar-refractivity contribution is -0.118. The van der Waals surface area contributed by atoms with Gasteiger partial charge in [-0.3, -0.25) is 9.59 Å². The Balaban J connectivity index is 1.33. The number of nitrogens with zero attached hydrogens (tertiary/aromatic N) is 2. The fourth-order valence-corrected chi connectivity index (χ4v) is 3.32. The number of imidazole rings is 1. The van der Waals surface area contributed by atoms with Gasteiger partial charge in [0.25, 0.3) is 0 Å². The molecule has 7 heteroatoms. The van der Waals surface area contributed by atoms with E-state index >= 15 is 0 Å². The summed E-state index contributed by atoms with van der Waals surface area (Å²) in [5, 5.41) is 5.71. The summed E-state index contributed by atoms with van der Waals surface area (Å²) in [4.78, 5) is 28.0. The number of nitrogens with one attached hydrogen (secondary N) is 2. The Morgan fingerprint density at radius 1 is 0.966 bits per heavy atom. The highest BCUT2D eigenvalue weighted by atomic mass is 32.2. The molecule has 2 N–H and O–H groups in total. The van der Waals surface area contributed by atoms with Crippen LogP contribution < -0.4 is 10.6 Å². The molecule has 29 heavy (non-hydrogen) atoms. The van der Waals surface area contributed by atoms with Crippen molar-refractivity contribution in [3.63, 3.8) is 0 Å². The average molecular weight is 409 g/mol. The summed E-state index contributed by atoms with van der Waals surface area (Å²) in [5.41, 5.74) is 4.12. The number of hydrogen-bond donors (Lipinski definition) is 2. The van der Waals surface area contributed by atoms with Crippen molar-refractivity contribution in [2.45, 2.75) is 20.0 Å². The molecule has 150 valence electrons. The van der Waals surface area contributed by atoms with Gasteiger partial charge in [0.05, 0.1) is 17.8 Å². The lowest BCUT2D eigenvalue weighted by Crippen LogP contribution is -2.25. The Labute approximate surface area is 174 Å². The van der Waals surface area contributed by atoms with Crippen molar-refractivity contribution in [1.29, 1.82) is 0 Å². The van der Waals surface area contributed by atoms with Crippen LogP contribution in [0.3, 0.4) is 0 Å². The molecular weight excluding hydrogens is 384 g/mol. The molecule has 0 spiro atoms. The van der Waals surface area contributed by atoms with Crippen molar-refractivity contribution in [1.82, 2.24) is 14.9 Å². The van der Waals surface area contributed by atoms with Crippen LogP contribution in [0.4, 0.5) is 5.69 Å². The van der Waals surface area contributed by atoms with Crippen LogP contribution in [0, 0.1) is 6.92 Å². The van der Waals surface area contributed by atoms with Crippen molar-refractivity contribution in [2.24, 2.45) is 0 Å². The Morgan fingerprint density at radius 2 is 1.66 bits per heavy atom. The van der Waals surface area contributed by atoms with Crippen molar-refractivity contribution in [2.75, 3.05) is 16.8 Å². The first kappa shape index (κ1) is 20.7. The van der Waals surface area contributed by atoms with E-state index in [9.17, 15) is 9.59 Å². The number of amides is 2. The summed E-state index contributed by atoms with van der Waals surface area (Å²) in [6.07, 6.45) is 5.47. The first-order chi connectivity index (χ1) is 14.1. The van der Waals surface area contributed by atoms with E-state index in [1.807, 2.05) is 66.2 Å². The Hall–Kier alpha value is -3.06. The van der Waals surface area contributed by atoms with Crippen molar-refractivity contribution in [3.8, 4) is 0 Å². The number of thioether (sulfide) groups is 1. The van der Waals surface area contributed by atoms with E-state index in [-0.39, 0.29) is 23.3 Å². The van der Waals surface area contributed by atoms with Gasteiger partial charge in [0.2, 0.25) is 11.8 Å². The van der Waals surface area contributed by atoms with Gasteiger partial charge in [0, 0.05) is 31.2 Å². The molecule has 0 bridgehead atoms. The molecule has 0 aliphatic rings. The molecule has 2 amide bonds. The van der Waals surface area contributed by atoms with Gasteiger partial charge < -0.3 is 15.2 Å². The third kappa shape index (κ3) is 7.12. The second-order valence-corrected chi connectivity index (χ2v) is 7.72. The molecule has 2 aromatic carbocycles. The largest absolute Gasteiger partial charge is 0.351 e. The molecule has 0 fully saturated rings. The number of rotatable bonds is 9. The van der Waals surface area contributed by atoms with Gasteiger partial charge >= 0.3 is 0 Å². The monoisotopic (exact) mass is 408 g/mol. The number of aromatic nitrogens is 2. The fraction of sp³-hybridized carbons (Fsp3) is 0.227. The SMILES string of the molecule is Cc1ccc(NC(=O)CSCC(=O)NCc2ccc(Cn3ccnc3)cc2)cc1. The summed E-state index contributed by atoms with van der Waals surface area (Å²) in [6, 6.07) is 15.7. The lowest BCUT2D eigenvalue weighted by atomic mass is 10.1. The maximum absolute atomic E-state index is 12.0. The van der Waals surface area contributed by atoms with Crippen LogP contribution in [0.1, 0.15) is 16.7 Å². The van der Waals surface area contributed by atoms with Gasteiger partial charge in [-0.15, -0.1) is 11.8 Å². The zero-order valence-corrected chi connectivity index (χ0v) is 17.1. The third-order valence-electron chi connectivity index (χ3n) is 4.24. The molecule has 1 heterocycles. The minimum Gasteiger partial charge on any atom is -0.351 e. The first-order valence-corrected chi connectivity index (χ1v) is 10.5. The molecule has 0 atom stereocenters. The molecule has 0 saturated carbocycles. The van der Waals surface area contributed by atoms with Crippen LogP contribution in [0.25, 0.3) is 0 Å². The fourth-order valence-electron chi connectivity index (χ4n) is 2.68. The second-order valence-electron chi connectivity index (χ2n) is 6.74. The third-order valence-corrected chi connectivity index (χ3v) is 5.17. The van der Waals surface area contributed by atoms with Gasteiger partial charge in [-0.05, 0) is 30.2 Å². The van der Waals surface area contributed by atoms with Crippen LogP contribution in [0.15, 0.2) is 67.3 Å². The first-order valence-electron chi connectivity index (χ1n) is 9.33. The standard InChI is InChI=1S/C22H24N4O2S/c1-17-2-8-20(9-3-17)25-22(28)15-29-14-21(27)24-12-18-4-6-19(7-5-18)13-26-11-10-23-16-26/h2-11,16H,12-15H2,1H3,(H,24,27)(H,25,28). The molecule has 3 aromatic rings.